The van der Waals surface area contributed by atoms with Gasteiger partial charge in [-0.1, -0.05) is 6.07 Å². The molecule has 0 bridgehead atoms. The van der Waals surface area contributed by atoms with Crippen LogP contribution in [0, 0.1) is 0 Å². The third kappa shape index (κ3) is 6.27. The molecule has 2 aromatic rings. The van der Waals surface area contributed by atoms with Gasteiger partial charge in [-0.3, -0.25) is 4.79 Å². The van der Waals surface area contributed by atoms with Crippen LogP contribution in [0.1, 0.15) is 19.4 Å². The van der Waals surface area contributed by atoms with Crippen molar-refractivity contribution in [2.45, 2.75) is 13.8 Å². The lowest BCUT2D eigenvalue weighted by Gasteiger charge is -2.12. The number of nitrogens with zero attached hydrogens (tertiary/aromatic N) is 1. The summed E-state index contributed by atoms with van der Waals surface area (Å²) in [6.07, 6.45) is 1.74. The second-order valence-corrected chi connectivity index (χ2v) is 7.44. The Hall–Kier alpha value is -3.46. The molecule has 0 saturated carbocycles. The van der Waals surface area contributed by atoms with Gasteiger partial charge in [-0.2, -0.15) is 0 Å². The van der Waals surface area contributed by atoms with Crippen LogP contribution in [0.15, 0.2) is 52.4 Å². The second-order valence-electron chi connectivity index (χ2n) is 6.41. The van der Waals surface area contributed by atoms with Gasteiger partial charge in [0.05, 0.1) is 30.9 Å². The number of nitrogens with one attached hydrogen (secondary N) is 1. The Morgan fingerprint density at radius 2 is 1.84 bits per heavy atom. The number of amides is 1. The molecule has 32 heavy (non-hydrogen) atoms. The minimum Gasteiger partial charge on any atom is -0.497 e. The second kappa shape index (κ2) is 11.2. The Kier molecular flexibility index (Phi) is 8.15. The number of aliphatic imine (C=N–C) groups is 1. The molecule has 168 valence electrons. The lowest BCUT2D eigenvalue weighted by Crippen LogP contribution is -2.19. The average Bonchev–Trinajstić information content (AvgIpc) is 3.12. The van der Waals surface area contributed by atoms with E-state index in [9.17, 15) is 9.59 Å². The van der Waals surface area contributed by atoms with Crippen LogP contribution in [-0.4, -0.2) is 44.0 Å². The van der Waals surface area contributed by atoms with Gasteiger partial charge in [0.15, 0.2) is 23.3 Å². The van der Waals surface area contributed by atoms with Crippen molar-refractivity contribution >= 4 is 40.6 Å². The number of benzene rings is 2. The number of hydrogen-bond donors (Lipinski definition) is 1. The van der Waals surface area contributed by atoms with Crippen LogP contribution in [0.4, 0.5) is 5.69 Å². The highest BCUT2D eigenvalue weighted by Gasteiger charge is 2.24. The number of amidine groups is 1. The maximum absolute atomic E-state index is 12.4. The molecule has 0 aromatic heterocycles. The zero-order valence-corrected chi connectivity index (χ0v) is 18.9. The van der Waals surface area contributed by atoms with Gasteiger partial charge in [0.1, 0.15) is 5.75 Å². The third-order valence-corrected chi connectivity index (χ3v) is 5.08. The molecule has 3 rings (SSSR count). The average molecular weight is 457 g/mol. The zero-order valence-electron chi connectivity index (χ0n) is 18.0. The van der Waals surface area contributed by atoms with Gasteiger partial charge >= 0.3 is 5.97 Å². The first-order valence-corrected chi connectivity index (χ1v) is 10.8. The summed E-state index contributed by atoms with van der Waals surface area (Å²) in [4.78, 5) is 28.9. The van der Waals surface area contributed by atoms with Gasteiger partial charge in [0.2, 0.25) is 0 Å². The molecule has 0 aliphatic carbocycles. The van der Waals surface area contributed by atoms with Gasteiger partial charge < -0.3 is 24.3 Å². The third-order valence-electron chi connectivity index (χ3n) is 4.17. The first-order chi connectivity index (χ1) is 15.5. The molecular formula is C23H24N2O6S. The molecule has 1 heterocycles. The van der Waals surface area contributed by atoms with Crippen molar-refractivity contribution in [3.05, 3.63) is 52.9 Å². The summed E-state index contributed by atoms with van der Waals surface area (Å²) in [5.74, 6) is 0.943. The van der Waals surface area contributed by atoms with Crippen molar-refractivity contribution in [1.29, 1.82) is 0 Å². The number of methoxy groups -OCH3 is 1. The van der Waals surface area contributed by atoms with Crippen LogP contribution in [0.25, 0.3) is 6.08 Å². The Morgan fingerprint density at radius 3 is 2.53 bits per heavy atom. The molecule has 0 unspecified atom stereocenters. The molecule has 1 aliphatic heterocycles. The van der Waals surface area contributed by atoms with Gasteiger partial charge in [0, 0.05) is 0 Å². The number of ether oxygens (including phenoxy) is 4. The van der Waals surface area contributed by atoms with Crippen molar-refractivity contribution in [3.63, 3.8) is 0 Å². The maximum atomic E-state index is 12.4. The number of esters is 1. The molecule has 0 radical (unpaired) electrons. The van der Waals surface area contributed by atoms with Crippen LogP contribution < -0.4 is 19.5 Å². The van der Waals surface area contributed by atoms with E-state index in [0.717, 1.165) is 11.3 Å². The zero-order chi connectivity index (χ0) is 22.9. The fraction of sp³-hybridized carbons (Fsp3) is 0.261. The first-order valence-electron chi connectivity index (χ1n) is 10.0. The van der Waals surface area contributed by atoms with E-state index in [1.54, 1.807) is 50.4 Å². The van der Waals surface area contributed by atoms with Crippen LogP contribution in [0.2, 0.25) is 0 Å². The summed E-state index contributed by atoms with van der Waals surface area (Å²) in [5, 5.41) is 3.26. The highest BCUT2D eigenvalue weighted by Crippen LogP contribution is 2.32. The lowest BCUT2D eigenvalue weighted by molar-refractivity contribution is -0.145. The number of carbonyl (C=O) groups excluding carboxylic acids is 2. The SMILES string of the molecule is CCOC(=O)COc1ccc(/C=C2/SC(=Nc3ccc(OC)cc3)NC2=O)cc1OCC. The monoisotopic (exact) mass is 456 g/mol. The molecule has 9 heteroatoms. The molecule has 1 fully saturated rings. The van der Waals surface area contributed by atoms with E-state index in [1.165, 1.54) is 11.8 Å². The molecule has 1 aliphatic rings. The Morgan fingerprint density at radius 1 is 1.06 bits per heavy atom. The van der Waals surface area contributed by atoms with Crippen molar-refractivity contribution < 1.29 is 28.5 Å². The van der Waals surface area contributed by atoms with E-state index in [0.29, 0.717) is 33.9 Å². The smallest absolute Gasteiger partial charge is 0.344 e. The number of hydrogen-bond acceptors (Lipinski definition) is 8. The largest absolute Gasteiger partial charge is 0.497 e. The summed E-state index contributed by atoms with van der Waals surface area (Å²) in [6, 6.07) is 12.5. The van der Waals surface area contributed by atoms with E-state index >= 15 is 0 Å². The predicted molar refractivity (Wildman–Crippen MR) is 124 cm³/mol. The van der Waals surface area contributed by atoms with Crippen LogP contribution in [-0.2, 0) is 14.3 Å². The molecule has 1 amide bonds. The normalized spacial score (nSPS) is 15.5. The molecule has 2 aromatic carbocycles. The van der Waals surface area contributed by atoms with E-state index in [1.807, 2.05) is 19.1 Å². The predicted octanol–water partition coefficient (Wildman–Crippen LogP) is 3.93. The Bertz CT molecular complexity index is 1030. The fourth-order valence-corrected chi connectivity index (χ4v) is 3.59. The lowest BCUT2D eigenvalue weighted by atomic mass is 10.2. The van der Waals surface area contributed by atoms with Gasteiger partial charge in [-0.25, -0.2) is 9.79 Å². The summed E-state index contributed by atoms with van der Waals surface area (Å²) in [6.45, 7) is 4.08. The van der Waals surface area contributed by atoms with Gasteiger partial charge in [-0.05, 0) is 73.6 Å². The van der Waals surface area contributed by atoms with E-state index in [-0.39, 0.29) is 19.1 Å². The summed E-state index contributed by atoms with van der Waals surface area (Å²) in [5.41, 5.74) is 1.46. The number of carbonyl (C=O) groups is 2. The molecule has 1 saturated heterocycles. The molecular weight excluding hydrogens is 432 g/mol. The van der Waals surface area contributed by atoms with E-state index in [2.05, 4.69) is 10.3 Å². The highest BCUT2D eigenvalue weighted by molar-refractivity contribution is 8.18. The number of thioether (sulfide) groups is 1. The van der Waals surface area contributed by atoms with E-state index < -0.39 is 5.97 Å². The van der Waals surface area contributed by atoms with E-state index in [4.69, 9.17) is 18.9 Å². The van der Waals surface area contributed by atoms with Crippen LogP contribution >= 0.6 is 11.8 Å². The van der Waals surface area contributed by atoms with Crippen molar-refractivity contribution in [2.24, 2.45) is 4.99 Å². The van der Waals surface area contributed by atoms with Gasteiger partial charge in [-0.15, -0.1) is 0 Å². The maximum Gasteiger partial charge on any atom is 0.344 e. The molecule has 8 nitrogen and oxygen atoms in total. The first kappa shape index (κ1) is 23.2. The van der Waals surface area contributed by atoms with Gasteiger partial charge in [0.25, 0.3) is 5.91 Å². The Balaban J connectivity index is 1.74. The molecule has 0 spiro atoms. The summed E-state index contributed by atoms with van der Waals surface area (Å²) < 4.78 is 21.2. The number of rotatable bonds is 9. The Labute approximate surface area is 190 Å². The molecule has 0 atom stereocenters. The minimum absolute atomic E-state index is 0.211. The van der Waals surface area contributed by atoms with Crippen LogP contribution in [0.3, 0.4) is 0 Å². The van der Waals surface area contributed by atoms with Crippen molar-refractivity contribution in [1.82, 2.24) is 5.32 Å². The summed E-state index contributed by atoms with van der Waals surface area (Å²) >= 11 is 1.25. The quantitative estimate of drug-likeness (QED) is 0.451. The minimum atomic E-state index is -0.455. The van der Waals surface area contributed by atoms with Crippen molar-refractivity contribution in [2.75, 3.05) is 26.9 Å². The fourth-order valence-electron chi connectivity index (χ4n) is 2.75. The topological polar surface area (TPSA) is 95.5 Å². The van der Waals surface area contributed by atoms with Crippen molar-refractivity contribution in [3.8, 4) is 17.2 Å². The van der Waals surface area contributed by atoms with Crippen LogP contribution in [0.5, 0.6) is 17.2 Å². The highest BCUT2D eigenvalue weighted by atomic mass is 32.2. The standard InChI is InChI=1S/C23H24N2O6S/c1-4-29-19-12-15(6-11-18(19)31-14-21(26)30-5-2)13-20-22(27)25-23(32-20)24-16-7-9-17(28-3)10-8-16/h6-13H,4-5,14H2,1-3H3,(H,24,25,27)/b20-13+. The molecule has 1 N–H and O–H groups in total. The summed E-state index contributed by atoms with van der Waals surface area (Å²) in [7, 11) is 1.60.